The number of hydrogen-bond acceptors (Lipinski definition) is 3. The number of amides is 1. The first kappa shape index (κ1) is 14.7. The maximum absolute atomic E-state index is 11.8. The third-order valence-corrected chi connectivity index (χ3v) is 3.41. The number of carbonyl (C=O) groups excluding carboxylic acids is 1. The number of halogens is 2. The highest BCUT2D eigenvalue weighted by molar-refractivity contribution is 9.10. The third kappa shape index (κ3) is 3.88. The number of hydrogen-bond donors (Lipinski definition) is 2. The van der Waals surface area contributed by atoms with Gasteiger partial charge >= 0.3 is 0 Å². The molecule has 20 heavy (non-hydrogen) atoms. The van der Waals surface area contributed by atoms with Crippen LogP contribution in [0.3, 0.4) is 0 Å². The summed E-state index contributed by atoms with van der Waals surface area (Å²) in [7, 11) is 0. The third-order valence-electron chi connectivity index (χ3n) is 2.48. The maximum Gasteiger partial charge on any atom is 0.262 e. The molecule has 0 saturated heterocycles. The van der Waals surface area contributed by atoms with Gasteiger partial charge in [-0.3, -0.25) is 4.79 Å². The molecule has 0 spiro atoms. The van der Waals surface area contributed by atoms with Crippen LogP contribution in [0.1, 0.15) is 0 Å². The van der Waals surface area contributed by atoms with Crippen molar-refractivity contribution in [1.82, 2.24) is 0 Å². The van der Waals surface area contributed by atoms with Crippen LogP contribution in [-0.4, -0.2) is 12.5 Å². The Balaban J connectivity index is 1.96. The van der Waals surface area contributed by atoms with Gasteiger partial charge < -0.3 is 15.8 Å². The Morgan fingerprint density at radius 2 is 2.05 bits per heavy atom. The molecule has 0 saturated carbocycles. The minimum absolute atomic E-state index is 0.132. The van der Waals surface area contributed by atoms with E-state index in [-0.39, 0.29) is 12.5 Å². The number of rotatable bonds is 4. The molecule has 0 bridgehead atoms. The summed E-state index contributed by atoms with van der Waals surface area (Å²) in [6.45, 7) is -0.132. The number of ether oxygens (including phenoxy) is 1. The molecule has 0 unspecified atom stereocenters. The van der Waals surface area contributed by atoms with Gasteiger partial charge in [0, 0.05) is 9.50 Å². The Hall–Kier alpha value is -1.72. The van der Waals surface area contributed by atoms with Crippen LogP contribution in [0.15, 0.2) is 46.9 Å². The SMILES string of the molecule is Nc1ccccc1OCC(=O)Nc1cc(Cl)ccc1Br. The number of anilines is 2. The Morgan fingerprint density at radius 3 is 2.80 bits per heavy atom. The number of para-hydroxylation sites is 2. The molecule has 0 aliphatic carbocycles. The summed E-state index contributed by atoms with van der Waals surface area (Å²) in [6, 6.07) is 12.1. The molecule has 0 aliphatic heterocycles. The largest absolute Gasteiger partial charge is 0.482 e. The summed E-state index contributed by atoms with van der Waals surface area (Å²) >= 11 is 9.21. The summed E-state index contributed by atoms with van der Waals surface area (Å²) in [5, 5.41) is 3.24. The van der Waals surface area contributed by atoms with Crippen LogP contribution in [0, 0.1) is 0 Å². The lowest BCUT2D eigenvalue weighted by molar-refractivity contribution is -0.118. The summed E-state index contributed by atoms with van der Waals surface area (Å²) in [6.07, 6.45) is 0. The van der Waals surface area contributed by atoms with Gasteiger partial charge in [-0.2, -0.15) is 0 Å². The molecule has 0 radical (unpaired) electrons. The lowest BCUT2D eigenvalue weighted by Crippen LogP contribution is -2.20. The minimum Gasteiger partial charge on any atom is -0.482 e. The Labute approximate surface area is 130 Å². The molecule has 4 nitrogen and oxygen atoms in total. The van der Waals surface area contributed by atoms with Crippen LogP contribution in [0.2, 0.25) is 5.02 Å². The standard InChI is InChI=1S/C14H12BrClN2O2/c15-10-6-5-9(16)7-12(10)18-14(19)8-20-13-4-2-1-3-11(13)17/h1-7H,8,17H2,(H,18,19). The van der Waals surface area contributed by atoms with Crippen molar-refractivity contribution in [3.63, 3.8) is 0 Å². The molecular weight excluding hydrogens is 344 g/mol. The molecule has 2 aromatic carbocycles. The fourth-order valence-electron chi connectivity index (χ4n) is 1.53. The van der Waals surface area contributed by atoms with Crippen LogP contribution >= 0.6 is 27.5 Å². The van der Waals surface area contributed by atoms with Crippen molar-refractivity contribution >= 4 is 44.8 Å². The van der Waals surface area contributed by atoms with Crippen molar-refractivity contribution in [3.8, 4) is 5.75 Å². The van der Waals surface area contributed by atoms with Gasteiger partial charge in [-0.15, -0.1) is 0 Å². The van der Waals surface area contributed by atoms with Crippen LogP contribution in [0.4, 0.5) is 11.4 Å². The van der Waals surface area contributed by atoms with E-state index in [2.05, 4.69) is 21.2 Å². The molecule has 2 aromatic rings. The van der Waals surface area contributed by atoms with E-state index in [4.69, 9.17) is 22.1 Å². The number of nitrogen functional groups attached to an aromatic ring is 1. The van der Waals surface area contributed by atoms with E-state index in [0.29, 0.717) is 22.1 Å². The molecule has 6 heteroatoms. The van der Waals surface area contributed by atoms with Crippen molar-refractivity contribution in [2.75, 3.05) is 17.7 Å². The summed E-state index contributed by atoms with van der Waals surface area (Å²) in [5.41, 5.74) is 6.80. The molecule has 0 aromatic heterocycles. The van der Waals surface area contributed by atoms with E-state index >= 15 is 0 Å². The predicted molar refractivity (Wildman–Crippen MR) is 84.1 cm³/mol. The quantitative estimate of drug-likeness (QED) is 0.822. The fraction of sp³-hybridized carbons (Fsp3) is 0.0714. The Bertz CT molecular complexity index is 634. The molecule has 0 fully saturated rings. The van der Waals surface area contributed by atoms with Gasteiger partial charge in [-0.25, -0.2) is 0 Å². The summed E-state index contributed by atoms with van der Waals surface area (Å²) in [4.78, 5) is 11.8. The average molecular weight is 356 g/mol. The highest BCUT2D eigenvalue weighted by atomic mass is 79.9. The number of carbonyl (C=O) groups is 1. The second-order valence-electron chi connectivity index (χ2n) is 4.00. The summed E-state index contributed by atoms with van der Waals surface area (Å²) < 4.78 is 6.10. The summed E-state index contributed by atoms with van der Waals surface area (Å²) in [5.74, 6) is 0.184. The number of nitrogens with two attached hydrogens (primary N) is 1. The minimum atomic E-state index is -0.295. The van der Waals surface area contributed by atoms with E-state index < -0.39 is 0 Å². The van der Waals surface area contributed by atoms with E-state index in [1.807, 2.05) is 0 Å². The predicted octanol–water partition coefficient (Wildman–Crippen LogP) is 3.70. The first-order valence-electron chi connectivity index (χ1n) is 5.78. The zero-order valence-electron chi connectivity index (χ0n) is 10.4. The van der Waals surface area contributed by atoms with Crippen molar-refractivity contribution in [2.24, 2.45) is 0 Å². The fourth-order valence-corrected chi connectivity index (χ4v) is 2.05. The van der Waals surface area contributed by atoms with Crippen molar-refractivity contribution in [1.29, 1.82) is 0 Å². The molecule has 0 atom stereocenters. The zero-order valence-corrected chi connectivity index (χ0v) is 12.7. The molecule has 0 heterocycles. The van der Waals surface area contributed by atoms with Gasteiger partial charge in [-0.1, -0.05) is 23.7 Å². The van der Waals surface area contributed by atoms with Gasteiger partial charge in [0.25, 0.3) is 5.91 Å². The zero-order chi connectivity index (χ0) is 14.5. The topological polar surface area (TPSA) is 64.3 Å². The van der Waals surface area contributed by atoms with Gasteiger partial charge in [0.1, 0.15) is 5.75 Å². The van der Waals surface area contributed by atoms with Crippen LogP contribution < -0.4 is 15.8 Å². The van der Waals surface area contributed by atoms with Gasteiger partial charge in [0.2, 0.25) is 0 Å². The molecule has 3 N–H and O–H groups in total. The first-order chi connectivity index (χ1) is 9.56. The van der Waals surface area contributed by atoms with E-state index in [1.165, 1.54) is 0 Å². The molecular formula is C14H12BrClN2O2. The van der Waals surface area contributed by atoms with E-state index in [9.17, 15) is 4.79 Å². The van der Waals surface area contributed by atoms with Crippen molar-refractivity contribution < 1.29 is 9.53 Å². The maximum atomic E-state index is 11.8. The lowest BCUT2D eigenvalue weighted by atomic mass is 10.3. The number of benzene rings is 2. The first-order valence-corrected chi connectivity index (χ1v) is 6.95. The van der Waals surface area contributed by atoms with E-state index in [0.717, 1.165) is 4.47 Å². The molecule has 2 rings (SSSR count). The van der Waals surface area contributed by atoms with Gasteiger partial charge in [0.15, 0.2) is 6.61 Å². The van der Waals surface area contributed by atoms with E-state index in [1.54, 1.807) is 42.5 Å². The van der Waals surface area contributed by atoms with Crippen molar-refractivity contribution in [2.45, 2.75) is 0 Å². The van der Waals surface area contributed by atoms with Crippen molar-refractivity contribution in [3.05, 3.63) is 52.0 Å². The monoisotopic (exact) mass is 354 g/mol. The second-order valence-corrected chi connectivity index (χ2v) is 5.29. The number of nitrogens with one attached hydrogen (secondary N) is 1. The normalized spacial score (nSPS) is 10.1. The highest BCUT2D eigenvalue weighted by Crippen LogP contribution is 2.26. The second kappa shape index (κ2) is 6.63. The average Bonchev–Trinajstić information content (AvgIpc) is 2.42. The molecule has 104 valence electrons. The van der Waals surface area contributed by atoms with Gasteiger partial charge in [-0.05, 0) is 46.3 Å². The van der Waals surface area contributed by atoms with Gasteiger partial charge in [0.05, 0.1) is 11.4 Å². The van der Waals surface area contributed by atoms with Crippen LogP contribution in [0.25, 0.3) is 0 Å². The smallest absolute Gasteiger partial charge is 0.262 e. The molecule has 1 amide bonds. The Morgan fingerprint density at radius 1 is 1.30 bits per heavy atom. The van der Waals surface area contributed by atoms with Crippen LogP contribution in [-0.2, 0) is 4.79 Å². The lowest BCUT2D eigenvalue weighted by Gasteiger charge is -2.10. The van der Waals surface area contributed by atoms with Crippen LogP contribution in [0.5, 0.6) is 5.75 Å². The molecule has 0 aliphatic rings. The highest BCUT2D eigenvalue weighted by Gasteiger charge is 2.08. The Kier molecular flexibility index (Phi) is 4.87.